The predicted molar refractivity (Wildman–Crippen MR) is 129 cm³/mol. The molecule has 1 heterocycles. The lowest BCUT2D eigenvalue weighted by Gasteiger charge is -2.19. The molecule has 3 N–H and O–H groups in total. The average Bonchev–Trinajstić information content (AvgIpc) is 3.16. The van der Waals surface area contributed by atoms with E-state index in [4.69, 9.17) is 10.5 Å². The lowest BCUT2D eigenvalue weighted by atomic mass is 10.0. The molecule has 0 aromatic heterocycles. The third kappa shape index (κ3) is 6.02. The summed E-state index contributed by atoms with van der Waals surface area (Å²) in [6.07, 6.45) is 1.12. The van der Waals surface area contributed by atoms with Crippen molar-refractivity contribution in [1.29, 1.82) is 0 Å². The van der Waals surface area contributed by atoms with Gasteiger partial charge in [-0.2, -0.15) is 0 Å². The van der Waals surface area contributed by atoms with E-state index in [9.17, 15) is 0 Å². The molecule has 0 aliphatic carbocycles. The summed E-state index contributed by atoms with van der Waals surface area (Å²) in [5.41, 5.74) is 9.59. The van der Waals surface area contributed by atoms with Gasteiger partial charge in [-0.25, -0.2) is 0 Å². The van der Waals surface area contributed by atoms with Gasteiger partial charge >= 0.3 is 0 Å². The van der Waals surface area contributed by atoms with Crippen LogP contribution >= 0.6 is 24.0 Å². The maximum atomic E-state index is 6.10. The second kappa shape index (κ2) is 10.5. The quantitative estimate of drug-likeness (QED) is 0.348. The molecule has 1 atom stereocenters. The first kappa shape index (κ1) is 22.3. The summed E-state index contributed by atoms with van der Waals surface area (Å²) in [6.45, 7) is 7.14. The highest BCUT2D eigenvalue weighted by atomic mass is 127. The van der Waals surface area contributed by atoms with Crippen LogP contribution < -0.4 is 20.7 Å². The largest absolute Gasteiger partial charge is 0.497 e. The van der Waals surface area contributed by atoms with E-state index in [2.05, 4.69) is 53.3 Å². The van der Waals surface area contributed by atoms with E-state index in [0.29, 0.717) is 17.8 Å². The minimum absolute atomic E-state index is 0. The Balaban J connectivity index is 0.00000280. The highest BCUT2D eigenvalue weighted by Crippen LogP contribution is 2.27. The highest BCUT2D eigenvalue weighted by molar-refractivity contribution is 14.0. The molecule has 0 amide bonds. The first-order valence-electron chi connectivity index (χ1n) is 9.61. The smallest absolute Gasteiger partial charge is 0.193 e. The van der Waals surface area contributed by atoms with Gasteiger partial charge in [-0.15, -0.1) is 24.0 Å². The van der Waals surface area contributed by atoms with Crippen LogP contribution in [-0.4, -0.2) is 32.7 Å². The number of ether oxygens (including phenoxy) is 1. The molecule has 1 aliphatic rings. The molecular formula is C22H31IN4O. The van der Waals surface area contributed by atoms with Gasteiger partial charge in [0.25, 0.3) is 0 Å². The third-order valence-corrected chi connectivity index (χ3v) is 5.05. The Kier molecular flexibility index (Phi) is 8.41. The fraction of sp³-hybridized carbons (Fsp3) is 0.409. The van der Waals surface area contributed by atoms with Crippen molar-refractivity contribution in [2.24, 2.45) is 16.6 Å². The fourth-order valence-electron chi connectivity index (χ4n) is 3.41. The van der Waals surface area contributed by atoms with Gasteiger partial charge in [0.1, 0.15) is 5.75 Å². The van der Waals surface area contributed by atoms with Gasteiger partial charge in [-0.1, -0.05) is 32.0 Å². The maximum Gasteiger partial charge on any atom is 0.193 e. The van der Waals surface area contributed by atoms with Crippen LogP contribution in [0.15, 0.2) is 53.5 Å². The molecule has 0 spiro atoms. The van der Waals surface area contributed by atoms with Crippen LogP contribution in [0.1, 0.15) is 31.7 Å². The van der Waals surface area contributed by atoms with Crippen molar-refractivity contribution >= 4 is 41.3 Å². The maximum absolute atomic E-state index is 6.10. The van der Waals surface area contributed by atoms with Gasteiger partial charge in [0, 0.05) is 37.1 Å². The number of benzene rings is 2. The monoisotopic (exact) mass is 494 g/mol. The van der Waals surface area contributed by atoms with E-state index in [0.717, 1.165) is 37.5 Å². The van der Waals surface area contributed by atoms with Crippen LogP contribution in [0.3, 0.4) is 0 Å². The molecular weight excluding hydrogens is 463 g/mol. The van der Waals surface area contributed by atoms with Gasteiger partial charge in [-0.3, -0.25) is 4.99 Å². The second-order valence-electron chi connectivity index (χ2n) is 7.43. The van der Waals surface area contributed by atoms with Crippen LogP contribution in [-0.2, 0) is 0 Å². The van der Waals surface area contributed by atoms with Crippen LogP contribution in [0.2, 0.25) is 0 Å². The van der Waals surface area contributed by atoms with Crippen LogP contribution in [0.5, 0.6) is 5.75 Å². The number of methoxy groups -OCH3 is 1. The third-order valence-electron chi connectivity index (χ3n) is 5.05. The van der Waals surface area contributed by atoms with Crippen molar-refractivity contribution in [3.05, 3.63) is 54.1 Å². The van der Waals surface area contributed by atoms with E-state index in [1.54, 1.807) is 7.11 Å². The molecule has 1 fully saturated rings. The van der Waals surface area contributed by atoms with Crippen molar-refractivity contribution in [3.8, 4) is 5.75 Å². The van der Waals surface area contributed by atoms with Crippen molar-refractivity contribution < 1.29 is 4.74 Å². The Labute approximate surface area is 185 Å². The minimum atomic E-state index is 0. The first-order valence-corrected chi connectivity index (χ1v) is 9.61. The number of aliphatic imine (C=N–C) groups is 1. The van der Waals surface area contributed by atoms with E-state index >= 15 is 0 Å². The van der Waals surface area contributed by atoms with E-state index in [1.165, 1.54) is 11.3 Å². The minimum Gasteiger partial charge on any atom is -0.497 e. The highest BCUT2D eigenvalue weighted by Gasteiger charge is 2.22. The molecule has 1 aliphatic heterocycles. The van der Waals surface area contributed by atoms with Crippen molar-refractivity contribution in [1.82, 2.24) is 0 Å². The average molecular weight is 494 g/mol. The fourth-order valence-corrected chi connectivity index (χ4v) is 3.41. The summed E-state index contributed by atoms with van der Waals surface area (Å²) >= 11 is 0. The number of guanidine groups is 1. The zero-order valence-electron chi connectivity index (χ0n) is 16.9. The number of anilines is 2. The standard InChI is InChI=1S/C22H30N4O.HI/c1-16(2)18-6-4-7-19(12-18)25-22(23)24-14-17-10-11-26(15-17)20-8-5-9-21(13-20)27-3;/h4-9,12-13,16-17H,10-11,14-15H2,1-3H3,(H3,23,24,25);1H. The van der Waals surface area contributed by atoms with Gasteiger partial charge in [-0.05, 0) is 48.1 Å². The van der Waals surface area contributed by atoms with E-state index < -0.39 is 0 Å². The lowest BCUT2D eigenvalue weighted by molar-refractivity contribution is 0.415. The number of nitrogens with zero attached hydrogens (tertiary/aromatic N) is 2. The van der Waals surface area contributed by atoms with Crippen LogP contribution in [0.25, 0.3) is 0 Å². The Morgan fingerprint density at radius 1 is 1.25 bits per heavy atom. The van der Waals surface area contributed by atoms with E-state index in [-0.39, 0.29) is 24.0 Å². The van der Waals surface area contributed by atoms with Crippen LogP contribution in [0.4, 0.5) is 11.4 Å². The van der Waals surface area contributed by atoms with E-state index in [1.807, 2.05) is 24.3 Å². The zero-order valence-corrected chi connectivity index (χ0v) is 19.2. The SMILES string of the molecule is COc1cccc(N2CCC(CN=C(N)Nc3cccc(C(C)C)c3)C2)c1.I. The van der Waals surface area contributed by atoms with Gasteiger partial charge in [0.15, 0.2) is 5.96 Å². The number of nitrogens with one attached hydrogen (secondary N) is 1. The summed E-state index contributed by atoms with van der Waals surface area (Å²) in [4.78, 5) is 6.96. The second-order valence-corrected chi connectivity index (χ2v) is 7.43. The van der Waals surface area contributed by atoms with Crippen molar-refractivity contribution in [2.45, 2.75) is 26.2 Å². The number of nitrogens with two attached hydrogens (primary N) is 1. The summed E-state index contributed by atoms with van der Waals surface area (Å²) in [5, 5.41) is 3.22. The Morgan fingerprint density at radius 2 is 2.04 bits per heavy atom. The molecule has 0 saturated carbocycles. The topological polar surface area (TPSA) is 62.9 Å². The Bertz CT molecular complexity index is 794. The Hall–Kier alpha value is -1.96. The van der Waals surface area contributed by atoms with Crippen molar-refractivity contribution in [2.75, 3.05) is 37.0 Å². The molecule has 1 unspecified atom stereocenters. The predicted octanol–water partition coefficient (Wildman–Crippen LogP) is 4.69. The lowest BCUT2D eigenvalue weighted by Crippen LogP contribution is -2.25. The number of hydrogen-bond donors (Lipinski definition) is 2. The molecule has 3 rings (SSSR count). The molecule has 5 nitrogen and oxygen atoms in total. The number of rotatable bonds is 6. The van der Waals surface area contributed by atoms with Gasteiger partial charge < -0.3 is 20.7 Å². The van der Waals surface area contributed by atoms with Gasteiger partial charge in [0.2, 0.25) is 0 Å². The molecule has 152 valence electrons. The van der Waals surface area contributed by atoms with Gasteiger partial charge in [0.05, 0.1) is 7.11 Å². The first-order chi connectivity index (χ1) is 13.0. The number of halogens is 1. The normalized spacial score (nSPS) is 16.8. The molecule has 0 radical (unpaired) electrons. The summed E-state index contributed by atoms with van der Waals surface area (Å²) in [7, 11) is 1.70. The Morgan fingerprint density at radius 3 is 2.79 bits per heavy atom. The number of hydrogen-bond acceptors (Lipinski definition) is 3. The molecule has 2 aromatic rings. The summed E-state index contributed by atoms with van der Waals surface area (Å²) in [5.74, 6) is 2.38. The molecule has 28 heavy (non-hydrogen) atoms. The molecule has 0 bridgehead atoms. The summed E-state index contributed by atoms with van der Waals surface area (Å²) in [6, 6.07) is 16.6. The molecule has 1 saturated heterocycles. The molecule has 2 aromatic carbocycles. The van der Waals surface area contributed by atoms with Crippen LogP contribution in [0, 0.1) is 5.92 Å². The molecule has 6 heteroatoms. The summed E-state index contributed by atoms with van der Waals surface area (Å²) < 4.78 is 5.33. The van der Waals surface area contributed by atoms with Crippen molar-refractivity contribution in [3.63, 3.8) is 0 Å². The zero-order chi connectivity index (χ0) is 19.2.